The predicted molar refractivity (Wildman–Crippen MR) is 109 cm³/mol. The van der Waals surface area contributed by atoms with Crippen LogP contribution in [0.5, 0.6) is 5.75 Å². The van der Waals surface area contributed by atoms with Gasteiger partial charge in [-0.05, 0) is 55.6 Å². The number of hydrogen-bond acceptors (Lipinski definition) is 7. The lowest BCUT2D eigenvalue weighted by Crippen LogP contribution is -1.99. The quantitative estimate of drug-likeness (QED) is 0.235. The number of hydrogen-bond donors (Lipinski definition) is 1. The molecule has 0 radical (unpaired) electrons. The van der Waals surface area contributed by atoms with Gasteiger partial charge in [0.2, 0.25) is 0 Å². The molecular formula is C16H12Br2N4O5. The van der Waals surface area contributed by atoms with E-state index in [0.29, 0.717) is 26.9 Å². The molecule has 2 rings (SSSR count). The number of rotatable bonds is 8. The fourth-order valence-corrected chi connectivity index (χ4v) is 3.44. The highest BCUT2D eigenvalue weighted by Crippen LogP contribution is 2.34. The fraction of sp³-hybridized carbons (Fsp3) is 0.0625. The minimum Gasteiger partial charge on any atom is -0.487 e. The van der Waals surface area contributed by atoms with Crippen LogP contribution in [0.25, 0.3) is 0 Å². The Morgan fingerprint density at radius 2 is 1.81 bits per heavy atom. The smallest absolute Gasteiger partial charge is 0.301 e. The van der Waals surface area contributed by atoms with Gasteiger partial charge in [0.15, 0.2) is 0 Å². The average Bonchev–Trinajstić information content (AvgIpc) is 2.61. The minimum absolute atomic E-state index is 0.0333. The molecule has 0 saturated carbocycles. The summed E-state index contributed by atoms with van der Waals surface area (Å²) in [6.45, 7) is 3.93. The largest absolute Gasteiger partial charge is 0.487 e. The Morgan fingerprint density at radius 1 is 1.15 bits per heavy atom. The average molecular weight is 500 g/mol. The molecule has 27 heavy (non-hydrogen) atoms. The summed E-state index contributed by atoms with van der Waals surface area (Å²) in [5.74, 6) is 0.603. The Kier molecular flexibility index (Phi) is 7.02. The number of non-ortho nitro benzene ring substituents is 1. The molecule has 2 aromatic rings. The molecule has 0 aromatic heterocycles. The highest BCUT2D eigenvalue weighted by molar-refractivity contribution is 9.11. The standard InChI is InChI=1S/C16H12Br2N4O5/c1-2-5-27-16-12(17)6-10(7-13(16)18)9-19-20-14-4-3-11(21(23)24)8-15(14)22(25)26/h2-4,6-9,20H,1,5H2/b19-9-. The molecule has 140 valence electrons. The molecule has 0 saturated heterocycles. The maximum Gasteiger partial charge on any atom is 0.301 e. The van der Waals surface area contributed by atoms with Crippen LogP contribution in [0.2, 0.25) is 0 Å². The van der Waals surface area contributed by atoms with Gasteiger partial charge in [0.25, 0.3) is 5.69 Å². The zero-order valence-electron chi connectivity index (χ0n) is 13.6. The summed E-state index contributed by atoms with van der Waals surface area (Å²) >= 11 is 6.79. The number of hydrazone groups is 1. The van der Waals surface area contributed by atoms with Gasteiger partial charge >= 0.3 is 5.69 Å². The van der Waals surface area contributed by atoms with Crippen molar-refractivity contribution in [1.82, 2.24) is 0 Å². The number of nitrogens with one attached hydrogen (secondary N) is 1. The summed E-state index contributed by atoms with van der Waals surface area (Å²) in [7, 11) is 0. The molecular weight excluding hydrogens is 488 g/mol. The van der Waals surface area contributed by atoms with Crippen LogP contribution in [-0.4, -0.2) is 22.7 Å². The Morgan fingerprint density at radius 3 is 2.37 bits per heavy atom. The van der Waals surface area contributed by atoms with Crippen LogP contribution in [0.4, 0.5) is 17.1 Å². The fourth-order valence-electron chi connectivity index (χ4n) is 1.99. The lowest BCUT2D eigenvalue weighted by molar-refractivity contribution is -0.393. The first-order chi connectivity index (χ1) is 12.8. The summed E-state index contributed by atoms with van der Waals surface area (Å²) in [4.78, 5) is 20.4. The molecule has 11 heteroatoms. The summed E-state index contributed by atoms with van der Waals surface area (Å²) in [6, 6.07) is 6.75. The van der Waals surface area contributed by atoms with E-state index >= 15 is 0 Å². The van der Waals surface area contributed by atoms with E-state index in [1.165, 1.54) is 12.3 Å². The van der Waals surface area contributed by atoms with Crippen LogP contribution in [0.3, 0.4) is 0 Å². The Balaban J connectivity index is 2.21. The summed E-state index contributed by atoms with van der Waals surface area (Å²) in [5, 5.41) is 25.8. The van der Waals surface area contributed by atoms with E-state index in [1.54, 1.807) is 18.2 Å². The third-order valence-electron chi connectivity index (χ3n) is 3.15. The zero-order valence-corrected chi connectivity index (χ0v) is 16.8. The number of ether oxygens (including phenoxy) is 1. The van der Waals surface area contributed by atoms with Crippen LogP contribution >= 0.6 is 31.9 Å². The monoisotopic (exact) mass is 498 g/mol. The third-order valence-corrected chi connectivity index (χ3v) is 4.33. The summed E-state index contributed by atoms with van der Waals surface area (Å²) in [5.41, 5.74) is 2.41. The van der Waals surface area contributed by atoms with Crippen molar-refractivity contribution in [2.24, 2.45) is 5.10 Å². The maximum atomic E-state index is 11.1. The van der Waals surface area contributed by atoms with E-state index in [-0.39, 0.29) is 11.4 Å². The van der Waals surface area contributed by atoms with E-state index in [9.17, 15) is 20.2 Å². The third kappa shape index (κ3) is 5.34. The molecule has 2 aromatic carbocycles. The van der Waals surface area contributed by atoms with Gasteiger partial charge in [-0.15, -0.1) is 0 Å². The number of nitrogens with zero attached hydrogens (tertiary/aromatic N) is 3. The van der Waals surface area contributed by atoms with Crippen LogP contribution in [-0.2, 0) is 0 Å². The molecule has 0 aliphatic heterocycles. The predicted octanol–water partition coefficient (Wildman–Crippen LogP) is 5.04. The molecule has 0 bridgehead atoms. The maximum absolute atomic E-state index is 11.1. The first-order valence-electron chi connectivity index (χ1n) is 7.28. The van der Waals surface area contributed by atoms with Crippen molar-refractivity contribution in [3.8, 4) is 5.75 Å². The lowest BCUT2D eigenvalue weighted by Gasteiger charge is -2.09. The van der Waals surface area contributed by atoms with Gasteiger partial charge in [-0.25, -0.2) is 0 Å². The molecule has 0 amide bonds. The first kappa shape index (κ1) is 20.5. The highest BCUT2D eigenvalue weighted by atomic mass is 79.9. The van der Waals surface area contributed by atoms with Crippen LogP contribution in [0.1, 0.15) is 5.56 Å². The molecule has 0 fully saturated rings. The van der Waals surface area contributed by atoms with Gasteiger partial charge in [0.05, 0.1) is 31.1 Å². The molecule has 0 heterocycles. The molecule has 0 spiro atoms. The van der Waals surface area contributed by atoms with Gasteiger partial charge in [-0.1, -0.05) is 12.7 Å². The van der Waals surface area contributed by atoms with Crippen molar-refractivity contribution in [1.29, 1.82) is 0 Å². The number of nitro benzene ring substituents is 2. The van der Waals surface area contributed by atoms with Gasteiger partial charge in [-0.2, -0.15) is 5.10 Å². The molecule has 1 N–H and O–H groups in total. The van der Waals surface area contributed by atoms with Crippen LogP contribution < -0.4 is 10.2 Å². The Hall–Kier alpha value is -2.79. The van der Waals surface area contributed by atoms with E-state index in [0.717, 1.165) is 12.1 Å². The van der Waals surface area contributed by atoms with Gasteiger partial charge in [0.1, 0.15) is 18.0 Å². The Bertz CT molecular complexity index is 910. The number of benzene rings is 2. The number of halogens is 2. The molecule has 0 atom stereocenters. The van der Waals surface area contributed by atoms with E-state index < -0.39 is 15.5 Å². The highest BCUT2D eigenvalue weighted by Gasteiger charge is 2.19. The molecule has 0 unspecified atom stereocenters. The van der Waals surface area contributed by atoms with Crippen LogP contribution in [0.15, 0.2) is 57.0 Å². The first-order valence-corrected chi connectivity index (χ1v) is 8.86. The molecule has 0 aliphatic carbocycles. The zero-order chi connectivity index (χ0) is 20.0. The lowest BCUT2D eigenvalue weighted by atomic mass is 10.2. The Labute approximate surface area is 170 Å². The SMILES string of the molecule is C=CCOc1c(Br)cc(/C=N\Nc2ccc([N+](=O)[O-])cc2[N+](=O)[O-])cc1Br. The van der Waals surface area contributed by atoms with E-state index in [2.05, 4.69) is 49.0 Å². The summed E-state index contributed by atoms with van der Waals surface area (Å²) < 4.78 is 6.88. The minimum atomic E-state index is -0.718. The normalized spacial score (nSPS) is 10.6. The van der Waals surface area contributed by atoms with Gasteiger partial charge in [0, 0.05) is 6.07 Å². The second-order valence-corrected chi connectivity index (χ2v) is 6.71. The van der Waals surface area contributed by atoms with Crippen molar-refractivity contribution >= 4 is 55.1 Å². The second-order valence-electron chi connectivity index (χ2n) is 5.00. The number of anilines is 1. The van der Waals surface area contributed by atoms with Gasteiger partial charge in [-0.3, -0.25) is 25.7 Å². The molecule has 9 nitrogen and oxygen atoms in total. The van der Waals surface area contributed by atoms with Crippen molar-refractivity contribution in [2.75, 3.05) is 12.0 Å². The molecule has 0 aliphatic rings. The van der Waals surface area contributed by atoms with Crippen molar-refractivity contribution in [2.45, 2.75) is 0 Å². The summed E-state index contributed by atoms with van der Waals surface area (Å²) in [6.07, 6.45) is 3.06. The van der Waals surface area contributed by atoms with Crippen molar-refractivity contribution in [3.63, 3.8) is 0 Å². The van der Waals surface area contributed by atoms with Crippen molar-refractivity contribution in [3.05, 3.63) is 77.7 Å². The van der Waals surface area contributed by atoms with Gasteiger partial charge < -0.3 is 4.74 Å². The topological polar surface area (TPSA) is 120 Å². The second kappa shape index (κ2) is 9.24. The van der Waals surface area contributed by atoms with Crippen molar-refractivity contribution < 1.29 is 14.6 Å². The van der Waals surface area contributed by atoms with Crippen LogP contribution in [0, 0.1) is 20.2 Å². The number of nitro groups is 2. The van der Waals surface area contributed by atoms with E-state index in [4.69, 9.17) is 4.74 Å². The van der Waals surface area contributed by atoms with E-state index in [1.807, 2.05) is 0 Å².